The molecule has 0 saturated carbocycles. The van der Waals surface area contributed by atoms with Gasteiger partial charge in [0.1, 0.15) is 23.1 Å². The highest BCUT2D eigenvalue weighted by atomic mass is 19.1. The summed E-state index contributed by atoms with van der Waals surface area (Å²) >= 11 is 0. The van der Waals surface area contributed by atoms with Gasteiger partial charge in [-0.05, 0) is 62.9 Å². The van der Waals surface area contributed by atoms with Crippen LogP contribution >= 0.6 is 0 Å². The van der Waals surface area contributed by atoms with Gasteiger partial charge in [0.15, 0.2) is 0 Å². The van der Waals surface area contributed by atoms with Crippen LogP contribution in [-0.2, 0) is 0 Å². The van der Waals surface area contributed by atoms with Gasteiger partial charge < -0.3 is 14.8 Å². The van der Waals surface area contributed by atoms with Crippen molar-refractivity contribution in [3.63, 3.8) is 0 Å². The molecule has 0 heterocycles. The zero-order valence-electron chi connectivity index (χ0n) is 12.7. The molecule has 0 radical (unpaired) electrons. The Morgan fingerprint density at radius 3 is 2.29 bits per heavy atom. The predicted molar refractivity (Wildman–Crippen MR) is 81.7 cm³/mol. The summed E-state index contributed by atoms with van der Waals surface area (Å²) in [4.78, 5) is 0. The van der Waals surface area contributed by atoms with E-state index in [4.69, 9.17) is 9.47 Å². The standard InChI is InChI=1S/C17H20FNO2/c1-11-9-17(15(10-16(11)18)12(2)19-3)21-14-7-5-13(20-4)6-8-14/h5-10,12,19H,1-4H3. The summed E-state index contributed by atoms with van der Waals surface area (Å²) in [7, 11) is 3.45. The second kappa shape index (κ2) is 6.59. The number of ether oxygens (including phenoxy) is 2. The van der Waals surface area contributed by atoms with Gasteiger partial charge in [-0.25, -0.2) is 4.39 Å². The van der Waals surface area contributed by atoms with E-state index in [1.165, 1.54) is 6.07 Å². The van der Waals surface area contributed by atoms with Gasteiger partial charge in [0.2, 0.25) is 0 Å². The van der Waals surface area contributed by atoms with Crippen molar-refractivity contribution in [1.29, 1.82) is 0 Å². The molecule has 1 N–H and O–H groups in total. The molecule has 0 fully saturated rings. The summed E-state index contributed by atoms with van der Waals surface area (Å²) in [5.41, 5.74) is 1.35. The van der Waals surface area contributed by atoms with Crippen molar-refractivity contribution < 1.29 is 13.9 Å². The van der Waals surface area contributed by atoms with Gasteiger partial charge in [0.25, 0.3) is 0 Å². The summed E-state index contributed by atoms with van der Waals surface area (Å²) in [5.74, 6) is 1.88. The number of hydrogen-bond donors (Lipinski definition) is 1. The quantitative estimate of drug-likeness (QED) is 0.894. The van der Waals surface area contributed by atoms with Crippen LogP contribution < -0.4 is 14.8 Å². The molecular formula is C17H20FNO2. The molecule has 0 spiro atoms. The molecule has 2 aromatic rings. The van der Waals surface area contributed by atoms with Crippen molar-refractivity contribution >= 4 is 0 Å². The number of rotatable bonds is 5. The van der Waals surface area contributed by atoms with Crippen LogP contribution in [0.3, 0.4) is 0 Å². The minimum atomic E-state index is -0.228. The molecule has 4 heteroatoms. The fourth-order valence-corrected chi connectivity index (χ4v) is 2.02. The van der Waals surface area contributed by atoms with E-state index in [1.54, 1.807) is 20.1 Å². The third-order valence-corrected chi connectivity index (χ3v) is 3.48. The first-order valence-corrected chi connectivity index (χ1v) is 6.84. The zero-order valence-corrected chi connectivity index (χ0v) is 12.7. The molecule has 1 unspecified atom stereocenters. The van der Waals surface area contributed by atoms with Crippen molar-refractivity contribution in [1.82, 2.24) is 5.32 Å². The Bertz CT molecular complexity index is 611. The molecule has 2 rings (SSSR count). The topological polar surface area (TPSA) is 30.5 Å². The molecule has 2 aromatic carbocycles. The maximum absolute atomic E-state index is 13.8. The first kappa shape index (κ1) is 15.3. The van der Waals surface area contributed by atoms with Crippen molar-refractivity contribution in [3.8, 4) is 17.2 Å². The Balaban J connectivity index is 2.34. The van der Waals surface area contributed by atoms with E-state index in [0.717, 1.165) is 11.3 Å². The van der Waals surface area contributed by atoms with E-state index >= 15 is 0 Å². The number of nitrogens with one attached hydrogen (secondary N) is 1. The smallest absolute Gasteiger partial charge is 0.132 e. The highest BCUT2D eigenvalue weighted by Gasteiger charge is 2.14. The Kier molecular flexibility index (Phi) is 4.81. The van der Waals surface area contributed by atoms with Crippen LogP contribution in [0.4, 0.5) is 4.39 Å². The molecule has 0 amide bonds. The lowest BCUT2D eigenvalue weighted by atomic mass is 10.0. The lowest BCUT2D eigenvalue weighted by Gasteiger charge is -2.17. The molecular weight excluding hydrogens is 269 g/mol. The summed E-state index contributed by atoms with van der Waals surface area (Å²) in [6.45, 7) is 3.69. The minimum Gasteiger partial charge on any atom is -0.497 e. The van der Waals surface area contributed by atoms with Gasteiger partial charge in [0, 0.05) is 11.6 Å². The average molecular weight is 289 g/mol. The van der Waals surface area contributed by atoms with Crippen LogP contribution in [-0.4, -0.2) is 14.2 Å². The van der Waals surface area contributed by atoms with E-state index in [1.807, 2.05) is 38.2 Å². The monoisotopic (exact) mass is 289 g/mol. The Morgan fingerprint density at radius 2 is 1.71 bits per heavy atom. The van der Waals surface area contributed by atoms with Crippen LogP contribution in [0.2, 0.25) is 0 Å². The van der Waals surface area contributed by atoms with Crippen molar-refractivity contribution in [2.45, 2.75) is 19.9 Å². The van der Waals surface area contributed by atoms with Crippen molar-refractivity contribution in [3.05, 3.63) is 53.3 Å². The Morgan fingerprint density at radius 1 is 1.10 bits per heavy atom. The molecule has 0 bridgehead atoms. The second-order valence-electron chi connectivity index (χ2n) is 4.93. The third kappa shape index (κ3) is 3.52. The highest BCUT2D eigenvalue weighted by molar-refractivity contribution is 5.43. The van der Waals surface area contributed by atoms with Crippen LogP contribution in [0.15, 0.2) is 36.4 Å². The maximum atomic E-state index is 13.8. The minimum absolute atomic E-state index is 0.00616. The Labute approximate surface area is 124 Å². The number of methoxy groups -OCH3 is 1. The second-order valence-corrected chi connectivity index (χ2v) is 4.93. The fraction of sp³-hybridized carbons (Fsp3) is 0.294. The molecule has 0 aliphatic heterocycles. The molecule has 0 aliphatic rings. The van der Waals surface area contributed by atoms with Crippen LogP contribution in [0, 0.1) is 12.7 Å². The lowest BCUT2D eigenvalue weighted by Crippen LogP contribution is -2.13. The van der Waals surface area contributed by atoms with E-state index in [0.29, 0.717) is 17.1 Å². The maximum Gasteiger partial charge on any atom is 0.132 e. The largest absolute Gasteiger partial charge is 0.497 e. The third-order valence-electron chi connectivity index (χ3n) is 3.48. The Hall–Kier alpha value is -2.07. The highest BCUT2D eigenvalue weighted by Crippen LogP contribution is 2.32. The van der Waals surface area contributed by atoms with Gasteiger partial charge in [-0.3, -0.25) is 0 Å². The molecule has 0 aromatic heterocycles. The first-order chi connectivity index (χ1) is 10.0. The van der Waals surface area contributed by atoms with Gasteiger partial charge in [-0.1, -0.05) is 0 Å². The lowest BCUT2D eigenvalue weighted by molar-refractivity contribution is 0.412. The number of hydrogen-bond acceptors (Lipinski definition) is 3. The van der Waals surface area contributed by atoms with Gasteiger partial charge in [-0.2, -0.15) is 0 Å². The zero-order chi connectivity index (χ0) is 15.4. The summed E-state index contributed by atoms with van der Waals surface area (Å²) < 4.78 is 24.8. The molecule has 0 saturated heterocycles. The molecule has 0 aliphatic carbocycles. The fourth-order valence-electron chi connectivity index (χ4n) is 2.02. The van der Waals surface area contributed by atoms with E-state index in [2.05, 4.69) is 5.32 Å². The van der Waals surface area contributed by atoms with E-state index in [-0.39, 0.29) is 11.9 Å². The first-order valence-electron chi connectivity index (χ1n) is 6.84. The molecule has 1 atom stereocenters. The van der Waals surface area contributed by atoms with Gasteiger partial charge >= 0.3 is 0 Å². The number of halogens is 1. The summed E-state index contributed by atoms with van der Waals surface area (Å²) in [5, 5.41) is 3.11. The van der Waals surface area contributed by atoms with Gasteiger partial charge in [-0.15, -0.1) is 0 Å². The summed E-state index contributed by atoms with van der Waals surface area (Å²) in [6.07, 6.45) is 0. The van der Waals surface area contributed by atoms with Crippen LogP contribution in [0.5, 0.6) is 17.2 Å². The van der Waals surface area contributed by atoms with Crippen LogP contribution in [0.25, 0.3) is 0 Å². The normalized spacial score (nSPS) is 12.0. The number of benzene rings is 2. The molecule has 3 nitrogen and oxygen atoms in total. The predicted octanol–water partition coefficient (Wildman–Crippen LogP) is 4.22. The van der Waals surface area contributed by atoms with Crippen molar-refractivity contribution in [2.75, 3.05) is 14.2 Å². The van der Waals surface area contributed by atoms with Crippen LogP contribution in [0.1, 0.15) is 24.1 Å². The van der Waals surface area contributed by atoms with E-state index < -0.39 is 0 Å². The molecule has 21 heavy (non-hydrogen) atoms. The number of aryl methyl sites for hydroxylation is 1. The van der Waals surface area contributed by atoms with Crippen molar-refractivity contribution in [2.24, 2.45) is 0 Å². The SMILES string of the molecule is CNC(C)c1cc(F)c(C)cc1Oc1ccc(OC)cc1. The van der Waals surface area contributed by atoms with Gasteiger partial charge in [0.05, 0.1) is 7.11 Å². The van der Waals surface area contributed by atoms with E-state index in [9.17, 15) is 4.39 Å². The molecule has 112 valence electrons. The summed E-state index contributed by atoms with van der Waals surface area (Å²) in [6, 6.07) is 10.5. The average Bonchev–Trinajstić information content (AvgIpc) is 2.50.